The van der Waals surface area contributed by atoms with Crippen molar-refractivity contribution in [1.82, 2.24) is 5.32 Å². The fourth-order valence-corrected chi connectivity index (χ4v) is 1.60. The zero-order chi connectivity index (χ0) is 15.7. The minimum absolute atomic E-state index is 0.00670. The lowest BCUT2D eigenvalue weighted by Crippen LogP contribution is -2.41. The maximum Gasteiger partial charge on any atom is 0.271 e. The molecular weight excluding hydrogens is 282 g/mol. The summed E-state index contributed by atoms with van der Waals surface area (Å²) in [4.78, 5) is 22.4. The van der Waals surface area contributed by atoms with Crippen molar-refractivity contribution in [2.45, 2.75) is 33.7 Å². The molecule has 0 spiro atoms. The van der Waals surface area contributed by atoms with Gasteiger partial charge >= 0.3 is 0 Å². The first-order valence-electron chi connectivity index (χ1n) is 6.08. The van der Waals surface area contributed by atoms with E-state index in [1.807, 2.05) is 27.7 Å². The SMILES string of the molecule is CC(NC(=O)c1cc([N+](=O)[O-])cc(Cl)c1N)C(C)(C)C. The largest absolute Gasteiger partial charge is 0.397 e. The zero-order valence-electron chi connectivity index (χ0n) is 11.9. The van der Waals surface area contributed by atoms with Crippen LogP contribution in [0.3, 0.4) is 0 Å². The molecule has 1 aromatic carbocycles. The number of hydrogen-bond donors (Lipinski definition) is 2. The van der Waals surface area contributed by atoms with E-state index in [9.17, 15) is 14.9 Å². The number of halogens is 1. The summed E-state index contributed by atoms with van der Waals surface area (Å²) in [5.74, 6) is -0.476. The number of hydrogen-bond acceptors (Lipinski definition) is 4. The number of nitrogens with zero attached hydrogens (tertiary/aromatic N) is 1. The molecule has 1 amide bonds. The lowest BCUT2D eigenvalue weighted by Gasteiger charge is -2.28. The Balaban J connectivity index is 3.13. The fourth-order valence-electron chi connectivity index (χ4n) is 1.39. The number of rotatable bonds is 3. The molecule has 0 aromatic heterocycles. The summed E-state index contributed by atoms with van der Waals surface area (Å²) in [6.45, 7) is 7.78. The van der Waals surface area contributed by atoms with Gasteiger partial charge in [0.05, 0.1) is 21.2 Å². The van der Waals surface area contributed by atoms with E-state index in [1.165, 1.54) is 0 Å². The van der Waals surface area contributed by atoms with Crippen LogP contribution < -0.4 is 11.1 Å². The molecule has 3 N–H and O–H groups in total. The van der Waals surface area contributed by atoms with Gasteiger partial charge in [0.25, 0.3) is 11.6 Å². The Morgan fingerprint density at radius 2 is 2.00 bits per heavy atom. The number of nitrogens with two attached hydrogens (primary N) is 1. The molecule has 20 heavy (non-hydrogen) atoms. The molecule has 0 aliphatic heterocycles. The Kier molecular flexibility index (Phi) is 4.60. The molecule has 1 unspecified atom stereocenters. The molecule has 1 rings (SSSR count). The molecule has 7 heteroatoms. The van der Waals surface area contributed by atoms with Gasteiger partial charge in [-0.1, -0.05) is 32.4 Å². The Hall–Kier alpha value is -1.82. The normalized spacial score (nSPS) is 12.8. The summed E-state index contributed by atoms with van der Waals surface area (Å²) in [7, 11) is 0. The number of non-ortho nitro benzene ring substituents is 1. The highest BCUT2D eigenvalue weighted by atomic mass is 35.5. The first kappa shape index (κ1) is 16.2. The van der Waals surface area contributed by atoms with Gasteiger partial charge < -0.3 is 11.1 Å². The number of carbonyl (C=O) groups excluding carboxylic acids is 1. The van der Waals surface area contributed by atoms with Crippen LogP contribution in [0.5, 0.6) is 0 Å². The molecule has 0 bridgehead atoms. The number of nitro groups is 1. The minimum Gasteiger partial charge on any atom is -0.397 e. The van der Waals surface area contributed by atoms with Crippen molar-refractivity contribution in [3.8, 4) is 0 Å². The van der Waals surface area contributed by atoms with Crippen LogP contribution in [0.2, 0.25) is 5.02 Å². The second-order valence-electron chi connectivity index (χ2n) is 5.71. The monoisotopic (exact) mass is 299 g/mol. The van der Waals surface area contributed by atoms with Crippen LogP contribution in [-0.2, 0) is 0 Å². The molecule has 110 valence electrons. The summed E-state index contributed by atoms with van der Waals surface area (Å²) in [5.41, 5.74) is 5.36. The predicted molar refractivity (Wildman–Crippen MR) is 78.9 cm³/mol. The van der Waals surface area contributed by atoms with Gasteiger partial charge in [0.2, 0.25) is 0 Å². The van der Waals surface area contributed by atoms with E-state index in [-0.39, 0.29) is 33.4 Å². The number of anilines is 1. The summed E-state index contributed by atoms with van der Waals surface area (Å²) >= 11 is 5.82. The number of carbonyl (C=O) groups is 1. The molecule has 0 aliphatic rings. The third kappa shape index (κ3) is 3.60. The number of nitro benzene ring substituents is 1. The highest BCUT2D eigenvalue weighted by Crippen LogP contribution is 2.29. The third-order valence-electron chi connectivity index (χ3n) is 3.22. The molecule has 0 saturated heterocycles. The van der Waals surface area contributed by atoms with Crippen molar-refractivity contribution in [3.63, 3.8) is 0 Å². The number of amides is 1. The maximum atomic E-state index is 12.2. The van der Waals surface area contributed by atoms with Gasteiger partial charge in [-0.25, -0.2) is 0 Å². The Bertz CT molecular complexity index is 553. The molecular formula is C13H18ClN3O3. The van der Waals surface area contributed by atoms with Gasteiger partial charge in [-0.15, -0.1) is 0 Å². The second kappa shape index (κ2) is 5.66. The van der Waals surface area contributed by atoms with Crippen molar-refractivity contribution in [1.29, 1.82) is 0 Å². The van der Waals surface area contributed by atoms with E-state index in [4.69, 9.17) is 17.3 Å². The quantitative estimate of drug-likeness (QED) is 0.509. The van der Waals surface area contributed by atoms with E-state index < -0.39 is 10.8 Å². The Labute approximate surface area is 122 Å². The average Bonchev–Trinajstić information content (AvgIpc) is 2.30. The Morgan fingerprint density at radius 3 is 2.45 bits per heavy atom. The van der Waals surface area contributed by atoms with Crippen molar-refractivity contribution in [3.05, 3.63) is 32.8 Å². The molecule has 6 nitrogen and oxygen atoms in total. The summed E-state index contributed by atoms with van der Waals surface area (Å²) in [6, 6.07) is 2.12. The van der Waals surface area contributed by atoms with Gasteiger partial charge in [0.15, 0.2) is 0 Å². The van der Waals surface area contributed by atoms with E-state index >= 15 is 0 Å². The van der Waals surface area contributed by atoms with Crippen LogP contribution in [-0.4, -0.2) is 16.9 Å². The number of nitrogens with one attached hydrogen (secondary N) is 1. The van der Waals surface area contributed by atoms with Crippen molar-refractivity contribution >= 4 is 28.9 Å². The lowest BCUT2D eigenvalue weighted by atomic mass is 9.88. The minimum atomic E-state index is -0.616. The van der Waals surface area contributed by atoms with E-state index in [0.717, 1.165) is 12.1 Å². The average molecular weight is 300 g/mol. The molecule has 0 fully saturated rings. The number of benzene rings is 1. The third-order valence-corrected chi connectivity index (χ3v) is 3.53. The van der Waals surface area contributed by atoms with Crippen LogP contribution in [0.4, 0.5) is 11.4 Å². The summed E-state index contributed by atoms with van der Waals surface area (Å²) in [5, 5.41) is 13.6. The maximum absolute atomic E-state index is 12.2. The van der Waals surface area contributed by atoms with E-state index in [2.05, 4.69) is 5.32 Å². The van der Waals surface area contributed by atoms with Crippen LogP contribution >= 0.6 is 11.6 Å². The van der Waals surface area contributed by atoms with Gasteiger partial charge in [-0.3, -0.25) is 14.9 Å². The van der Waals surface area contributed by atoms with Crippen molar-refractivity contribution in [2.24, 2.45) is 5.41 Å². The molecule has 1 aromatic rings. The standard InChI is InChI=1S/C13H18ClN3O3/c1-7(13(2,3)4)16-12(18)9-5-8(17(19)20)6-10(14)11(9)15/h5-7H,15H2,1-4H3,(H,16,18). The topological polar surface area (TPSA) is 98.3 Å². The number of nitrogen functional groups attached to an aromatic ring is 1. The van der Waals surface area contributed by atoms with Gasteiger partial charge in [0, 0.05) is 18.2 Å². The fraction of sp³-hybridized carbons (Fsp3) is 0.462. The molecule has 0 saturated carbocycles. The van der Waals surface area contributed by atoms with Crippen molar-refractivity contribution in [2.75, 3.05) is 5.73 Å². The zero-order valence-corrected chi connectivity index (χ0v) is 12.6. The molecule has 0 aliphatic carbocycles. The van der Waals surface area contributed by atoms with E-state index in [0.29, 0.717) is 0 Å². The smallest absolute Gasteiger partial charge is 0.271 e. The van der Waals surface area contributed by atoms with E-state index in [1.54, 1.807) is 0 Å². The van der Waals surface area contributed by atoms with Gasteiger partial charge in [0.1, 0.15) is 0 Å². The molecule has 0 radical (unpaired) electrons. The van der Waals surface area contributed by atoms with Crippen LogP contribution in [0.1, 0.15) is 38.1 Å². The van der Waals surface area contributed by atoms with Gasteiger partial charge in [-0.2, -0.15) is 0 Å². The summed E-state index contributed by atoms with van der Waals surface area (Å²) in [6.07, 6.45) is 0. The van der Waals surface area contributed by atoms with Gasteiger partial charge in [-0.05, 0) is 12.3 Å². The second-order valence-corrected chi connectivity index (χ2v) is 6.11. The summed E-state index contributed by atoms with van der Waals surface area (Å²) < 4.78 is 0. The molecule has 1 atom stereocenters. The first-order valence-corrected chi connectivity index (χ1v) is 6.46. The van der Waals surface area contributed by atoms with Crippen LogP contribution in [0, 0.1) is 15.5 Å². The predicted octanol–water partition coefficient (Wildman–Crippen LogP) is 2.99. The Morgan fingerprint density at radius 1 is 1.45 bits per heavy atom. The highest BCUT2D eigenvalue weighted by Gasteiger charge is 2.25. The van der Waals surface area contributed by atoms with Crippen LogP contribution in [0.15, 0.2) is 12.1 Å². The van der Waals surface area contributed by atoms with Crippen molar-refractivity contribution < 1.29 is 9.72 Å². The lowest BCUT2D eigenvalue weighted by molar-refractivity contribution is -0.384. The highest BCUT2D eigenvalue weighted by molar-refractivity contribution is 6.34. The van der Waals surface area contributed by atoms with Crippen LogP contribution in [0.25, 0.3) is 0 Å². The molecule has 0 heterocycles. The first-order chi connectivity index (χ1) is 9.04.